The van der Waals surface area contributed by atoms with Crippen LogP contribution >= 0.6 is 0 Å². The van der Waals surface area contributed by atoms with Crippen LogP contribution in [0.2, 0.25) is 0 Å². The van der Waals surface area contributed by atoms with E-state index in [0.717, 1.165) is 41.8 Å². The van der Waals surface area contributed by atoms with Gasteiger partial charge in [-0.1, -0.05) is 23.3 Å². The van der Waals surface area contributed by atoms with Gasteiger partial charge in [0.2, 0.25) is 5.91 Å². The molecule has 1 aliphatic rings. The lowest BCUT2D eigenvalue weighted by molar-refractivity contribution is -0.119. The van der Waals surface area contributed by atoms with Crippen LogP contribution in [0.15, 0.2) is 36.4 Å². The molecule has 0 radical (unpaired) electrons. The standard InChI is InChI=1S/C21H24N2O2/c1-14-10-15(2)12-17(11-14)21(25)22-18-8-7-16(3)19(13-18)23-9-5-4-6-20(23)24/h7-8,10-13H,4-6,9H2,1-3H3,(H,22,25). The molecule has 2 amide bonds. The Hall–Kier alpha value is -2.62. The zero-order valence-electron chi connectivity index (χ0n) is 15.1. The zero-order valence-corrected chi connectivity index (χ0v) is 15.1. The minimum atomic E-state index is -0.133. The van der Waals surface area contributed by atoms with Crippen molar-refractivity contribution in [2.75, 3.05) is 16.8 Å². The molecule has 1 heterocycles. The molecule has 3 rings (SSSR count). The second-order valence-corrected chi connectivity index (χ2v) is 6.83. The summed E-state index contributed by atoms with van der Waals surface area (Å²) in [5, 5.41) is 2.96. The lowest BCUT2D eigenvalue weighted by atomic mass is 10.1. The molecular weight excluding hydrogens is 312 g/mol. The van der Waals surface area contributed by atoms with Crippen LogP contribution in [-0.4, -0.2) is 18.4 Å². The van der Waals surface area contributed by atoms with Gasteiger partial charge in [-0.05, 0) is 63.4 Å². The SMILES string of the molecule is Cc1cc(C)cc(C(=O)Nc2ccc(C)c(N3CCCCC3=O)c2)c1. The van der Waals surface area contributed by atoms with Gasteiger partial charge in [0.1, 0.15) is 0 Å². The maximum absolute atomic E-state index is 12.6. The summed E-state index contributed by atoms with van der Waals surface area (Å²) in [7, 11) is 0. The van der Waals surface area contributed by atoms with Crippen molar-refractivity contribution in [3.8, 4) is 0 Å². The molecule has 1 fully saturated rings. The van der Waals surface area contributed by atoms with Crippen molar-refractivity contribution >= 4 is 23.2 Å². The summed E-state index contributed by atoms with van der Waals surface area (Å²) in [6.45, 7) is 6.70. The Morgan fingerprint density at radius 2 is 1.72 bits per heavy atom. The minimum absolute atomic E-state index is 0.133. The molecule has 0 atom stereocenters. The average molecular weight is 336 g/mol. The van der Waals surface area contributed by atoms with Crippen molar-refractivity contribution in [2.24, 2.45) is 0 Å². The van der Waals surface area contributed by atoms with Gasteiger partial charge in [-0.15, -0.1) is 0 Å². The van der Waals surface area contributed by atoms with E-state index in [-0.39, 0.29) is 11.8 Å². The number of benzene rings is 2. The summed E-state index contributed by atoms with van der Waals surface area (Å²) in [6.07, 6.45) is 2.57. The van der Waals surface area contributed by atoms with Gasteiger partial charge in [0.25, 0.3) is 5.91 Å². The molecule has 0 spiro atoms. The molecule has 25 heavy (non-hydrogen) atoms. The quantitative estimate of drug-likeness (QED) is 0.904. The van der Waals surface area contributed by atoms with Gasteiger partial charge >= 0.3 is 0 Å². The van der Waals surface area contributed by atoms with Crippen LogP contribution in [-0.2, 0) is 4.79 Å². The van der Waals surface area contributed by atoms with Crippen molar-refractivity contribution in [3.05, 3.63) is 58.7 Å². The number of carbonyl (C=O) groups is 2. The molecule has 1 N–H and O–H groups in total. The molecule has 0 aromatic heterocycles. The number of nitrogens with one attached hydrogen (secondary N) is 1. The van der Waals surface area contributed by atoms with Gasteiger partial charge in [0, 0.05) is 29.9 Å². The summed E-state index contributed by atoms with van der Waals surface area (Å²) < 4.78 is 0. The molecule has 130 valence electrons. The highest BCUT2D eigenvalue weighted by atomic mass is 16.2. The van der Waals surface area contributed by atoms with Crippen molar-refractivity contribution in [3.63, 3.8) is 0 Å². The van der Waals surface area contributed by atoms with Gasteiger partial charge in [-0.25, -0.2) is 0 Å². The highest BCUT2D eigenvalue weighted by Crippen LogP contribution is 2.28. The van der Waals surface area contributed by atoms with Crippen molar-refractivity contribution in [1.82, 2.24) is 0 Å². The lowest BCUT2D eigenvalue weighted by Crippen LogP contribution is -2.35. The van der Waals surface area contributed by atoms with Crippen LogP contribution in [0.4, 0.5) is 11.4 Å². The van der Waals surface area contributed by atoms with E-state index in [1.165, 1.54) is 0 Å². The number of piperidine rings is 1. The Balaban J connectivity index is 1.84. The number of hydrogen-bond acceptors (Lipinski definition) is 2. The Labute approximate surface area is 148 Å². The van der Waals surface area contributed by atoms with E-state index in [4.69, 9.17) is 0 Å². The Bertz CT molecular complexity index is 806. The first-order valence-corrected chi connectivity index (χ1v) is 8.75. The van der Waals surface area contributed by atoms with Crippen LogP contribution in [0.1, 0.15) is 46.3 Å². The van der Waals surface area contributed by atoms with Crippen LogP contribution in [0.25, 0.3) is 0 Å². The second-order valence-electron chi connectivity index (χ2n) is 6.83. The third-order valence-electron chi connectivity index (χ3n) is 4.57. The summed E-state index contributed by atoms with van der Waals surface area (Å²) in [6, 6.07) is 11.5. The van der Waals surface area contributed by atoms with E-state index in [0.29, 0.717) is 17.7 Å². The molecule has 2 aromatic rings. The fraction of sp³-hybridized carbons (Fsp3) is 0.333. The van der Waals surface area contributed by atoms with Gasteiger partial charge in [0.05, 0.1) is 0 Å². The Morgan fingerprint density at radius 1 is 1.00 bits per heavy atom. The van der Waals surface area contributed by atoms with E-state index >= 15 is 0 Å². The van der Waals surface area contributed by atoms with Gasteiger partial charge in [-0.3, -0.25) is 9.59 Å². The summed E-state index contributed by atoms with van der Waals surface area (Å²) in [4.78, 5) is 26.6. The predicted molar refractivity (Wildman–Crippen MR) is 101 cm³/mol. The first kappa shape index (κ1) is 17.2. The maximum atomic E-state index is 12.6. The minimum Gasteiger partial charge on any atom is -0.322 e. The lowest BCUT2D eigenvalue weighted by Gasteiger charge is -2.28. The van der Waals surface area contributed by atoms with Crippen molar-refractivity contribution in [1.29, 1.82) is 0 Å². The van der Waals surface area contributed by atoms with E-state index < -0.39 is 0 Å². The number of hydrogen-bond donors (Lipinski definition) is 1. The fourth-order valence-electron chi connectivity index (χ4n) is 3.35. The van der Waals surface area contributed by atoms with Gasteiger partial charge < -0.3 is 10.2 Å². The first-order valence-electron chi connectivity index (χ1n) is 8.75. The molecule has 0 aliphatic carbocycles. The average Bonchev–Trinajstić information content (AvgIpc) is 2.56. The number of nitrogens with zero attached hydrogens (tertiary/aromatic N) is 1. The fourth-order valence-corrected chi connectivity index (χ4v) is 3.35. The highest BCUT2D eigenvalue weighted by Gasteiger charge is 2.21. The number of carbonyl (C=O) groups excluding carboxylic acids is 2. The van der Waals surface area contributed by atoms with Crippen molar-refractivity contribution in [2.45, 2.75) is 40.0 Å². The molecule has 4 nitrogen and oxygen atoms in total. The van der Waals surface area contributed by atoms with Crippen LogP contribution < -0.4 is 10.2 Å². The molecule has 0 saturated carbocycles. The van der Waals surface area contributed by atoms with Crippen LogP contribution in [0, 0.1) is 20.8 Å². The van der Waals surface area contributed by atoms with Gasteiger partial charge in [0.15, 0.2) is 0 Å². The van der Waals surface area contributed by atoms with Crippen molar-refractivity contribution < 1.29 is 9.59 Å². The third kappa shape index (κ3) is 3.90. The maximum Gasteiger partial charge on any atom is 0.255 e. The first-order chi connectivity index (χ1) is 11.9. The highest BCUT2D eigenvalue weighted by molar-refractivity contribution is 6.05. The topological polar surface area (TPSA) is 49.4 Å². The molecule has 0 bridgehead atoms. The smallest absolute Gasteiger partial charge is 0.255 e. The molecule has 4 heteroatoms. The number of rotatable bonds is 3. The van der Waals surface area contributed by atoms with E-state index in [2.05, 4.69) is 5.32 Å². The van der Waals surface area contributed by atoms with E-state index in [9.17, 15) is 9.59 Å². The second kappa shape index (κ2) is 7.09. The van der Waals surface area contributed by atoms with E-state index in [1.807, 2.05) is 62.1 Å². The molecule has 0 unspecified atom stereocenters. The summed E-state index contributed by atoms with van der Waals surface area (Å²) in [5.41, 5.74) is 5.42. The van der Waals surface area contributed by atoms with E-state index in [1.54, 1.807) is 0 Å². The number of amides is 2. The number of anilines is 2. The summed E-state index contributed by atoms with van der Waals surface area (Å²) >= 11 is 0. The Morgan fingerprint density at radius 3 is 2.40 bits per heavy atom. The normalized spacial score (nSPS) is 14.5. The molecule has 1 aliphatic heterocycles. The monoisotopic (exact) mass is 336 g/mol. The molecular formula is C21H24N2O2. The van der Waals surface area contributed by atoms with Crippen LogP contribution in [0.3, 0.4) is 0 Å². The third-order valence-corrected chi connectivity index (χ3v) is 4.57. The number of aryl methyl sites for hydroxylation is 3. The van der Waals surface area contributed by atoms with Crippen LogP contribution in [0.5, 0.6) is 0 Å². The zero-order chi connectivity index (χ0) is 18.0. The van der Waals surface area contributed by atoms with Gasteiger partial charge in [-0.2, -0.15) is 0 Å². The molecule has 2 aromatic carbocycles. The molecule has 1 saturated heterocycles. The largest absolute Gasteiger partial charge is 0.322 e. The predicted octanol–water partition coefficient (Wildman–Crippen LogP) is 4.38. The summed E-state index contributed by atoms with van der Waals surface area (Å²) in [5.74, 6) is 0.0266. The Kier molecular flexibility index (Phi) is 4.88.